The largest absolute Gasteiger partial charge is 0.472 e. The maximum absolute atomic E-state index is 12.8. The van der Waals surface area contributed by atoms with E-state index in [2.05, 4.69) is 86.8 Å². The predicted molar refractivity (Wildman–Crippen MR) is 307 cm³/mol. The molecular formula is C62H113NO8P+. The summed E-state index contributed by atoms with van der Waals surface area (Å²) >= 11 is 0. The third-order valence-electron chi connectivity index (χ3n) is 12.7. The van der Waals surface area contributed by atoms with Crippen molar-refractivity contribution in [2.45, 2.75) is 264 Å². The van der Waals surface area contributed by atoms with Crippen molar-refractivity contribution in [3.63, 3.8) is 0 Å². The molecule has 0 saturated carbocycles. The van der Waals surface area contributed by atoms with Crippen molar-refractivity contribution in [2.75, 3.05) is 47.5 Å². The van der Waals surface area contributed by atoms with E-state index in [0.29, 0.717) is 17.4 Å². The van der Waals surface area contributed by atoms with Crippen LogP contribution in [0.3, 0.4) is 0 Å². The Labute approximate surface area is 444 Å². The molecule has 2 atom stereocenters. The van der Waals surface area contributed by atoms with Crippen LogP contribution in [0, 0.1) is 0 Å². The van der Waals surface area contributed by atoms with Crippen molar-refractivity contribution < 1.29 is 42.1 Å². The zero-order valence-electron chi connectivity index (χ0n) is 47.4. The molecule has 0 heterocycles. The monoisotopic (exact) mass is 1030 g/mol. The van der Waals surface area contributed by atoms with Crippen molar-refractivity contribution in [3.8, 4) is 0 Å². The van der Waals surface area contributed by atoms with Gasteiger partial charge in [-0.1, -0.05) is 234 Å². The van der Waals surface area contributed by atoms with Gasteiger partial charge in [0.05, 0.1) is 27.7 Å². The number of hydrogen-bond donors (Lipinski definition) is 1. The highest BCUT2D eigenvalue weighted by atomic mass is 31.2. The van der Waals surface area contributed by atoms with Gasteiger partial charge < -0.3 is 18.9 Å². The van der Waals surface area contributed by atoms with Gasteiger partial charge in [-0.2, -0.15) is 0 Å². The minimum Gasteiger partial charge on any atom is -0.462 e. The topological polar surface area (TPSA) is 108 Å². The van der Waals surface area contributed by atoms with Crippen LogP contribution in [-0.2, 0) is 32.7 Å². The summed E-state index contributed by atoms with van der Waals surface area (Å²) in [4.78, 5) is 35.6. The number of ether oxygens (including phenoxy) is 2. The number of phosphoric ester groups is 1. The molecule has 0 aliphatic heterocycles. The minimum absolute atomic E-state index is 0.0297. The summed E-state index contributed by atoms with van der Waals surface area (Å²) < 4.78 is 34.5. The molecule has 0 rings (SSSR count). The van der Waals surface area contributed by atoms with Crippen LogP contribution >= 0.6 is 7.82 Å². The average Bonchev–Trinajstić information content (AvgIpc) is 3.34. The molecule has 1 N–H and O–H groups in total. The second kappa shape index (κ2) is 53.3. The summed E-state index contributed by atoms with van der Waals surface area (Å²) in [5.41, 5.74) is 0. The van der Waals surface area contributed by atoms with Crippen LogP contribution in [-0.4, -0.2) is 74.9 Å². The lowest BCUT2D eigenvalue weighted by Crippen LogP contribution is -2.37. The number of allylic oxidation sites excluding steroid dienone is 12. The van der Waals surface area contributed by atoms with E-state index in [4.69, 9.17) is 18.5 Å². The molecule has 0 saturated heterocycles. The highest BCUT2D eigenvalue weighted by Crippen LogP contribution is 2.43. The fourth-order valence-corrected chi connectivity index (χ4v) is 8.90. The van der Waals surface area contributed by atoms with Crippen LogP contribution in [0.4, 0.5) is 0 Å². The number of rotatable bonds is 54. The summed E-state index contributed by atoms with van der Waals surface area (Å²) in [6.45, 7) is 4.32. The number of likely N-dealkylation sites (N-methyl/N-ethyl adjacent to an activating group) is 1. The zero-order chi connectivity index (χ0) is 52.7. The first kappa shape index (κ1) is 69.5. The molecule has 0 fully saturated rings. The van der Waals surface area contributed by atoms with Gasteiger partial charge >= 0.3 is 19.8 Å². The van der Waals surface area contributed by atoms with Gasteiger partial charge in [0, 0.05) is 12.8 Å². The quantitative estimate of drug-likeness (QED) is 0.0211. The lowest BCUT2D eigenvalue weighted by atomic mass is 10.0. The molecule has 2 unspecified atom stereocenters. The van der Waals surface area contributed by atoms with Gasteiger partial charge in [-0.3, -0.25) is 18.6 Å². The molecule has 0 bridgehead atoms. The van der Waals surface area contributed by atoms with Crippen LogP contribution < -0.4 is 0 Å². The summed E-state index contributed by atoms with van der Waals surface area (Å²) in [6, 6.07) is 0. The first-order chi connectivity index (χ1) is 35.0. The average molecular weight is 1030 g/mol. The van der Waals surface area contributed by atoms with E-state index in [1.54, 1.807) is 0 Å². The molecule has 9 nitrogen and oxygen atoms in total. The second-order valence-corrected chi connectivity index (χ2v) is 22.5. The van der Waals surface area contributed by atoms with E-state index < -0.39 is 26.5 Å². The summed E-state index contributed by atoms with van der Waals surface area (Å²) in [5, 5.41) is 0. The summed E-state index contributed by atoms with van der Waals surface area (Å²) in [7, 11) is 1.48. The molecule has 0 aromatic carbocycles. The number of esters is 2. The highest BCUT2D eigenvalue weighted by molar-refractivity contribution is 7.47. The fourth-order valence-electron chi connectivity index (χ4n) is 8.16. The zero-order valence-corrected chi connectivity index (χ0v) is 48.3. The van der Waals surface area contributed by atoms with Crippen molar-refractivity contribution in [3.05, 3.63) is 72.9 Å². The number of nitrogens with zero attached hydrogens (tertiary/aromatic N) is 1. The van der Waals surface area contributed by atoms with Crippen LogP contribution in [0.15, 0.2) is 72.9 Å². The van der Waals surface area contributed by atoms with Gasteiger partial charge in [0.1, 0.15) is 19.8 Å². The Morgan fingerprint density at radius 2 is 0.792 bits per heavy atom. The Hall–Kier alpha value is -2.55. The normalized spacial score (nSPS) is 13.8. The molecular weight excluding hydrogens is 918 g/mol. The molecule has 0 radical (unpaired) electrons. The van der Waals surface area contributed by atoms with Gasteiger partial charge in [-0.25, -0.2) is 4.57 Å². The third kappa shape index (κ3) is 56.7. The molecule has 0 spiro atoms. The number of quaternary nitrogens is 1. The molecule has 0 amide bonds. The third-order valence-corrected chi connectivity index (χ3v) is 13.7. The first-order valence-corrected chi connectivity index (χ1v) is 31.2. The lowest BCUT2D eigenvalue weighted by Gasteiger charge is -2.24. The van der Waals surface area contributed by atoms with Gasteiger partial charge in [0.2, 0.25) is 0 Å². The SMILES string of the molecule is CC/C=C\C/C=C\C/C=C\C/C=C\C/C=C\CCCCCCCCCCCCCCCCCCCC(=O)OC(COC(=O)CCCCCCC/C=C\CCCCCCCC)COP(=O)(O)OCC[N+](C)(C)C. The van der Waals surface area contributed by atoms with E-state index in [1.807, 2.05) is 21.1 Å². The molecule has 10 heteroatoms. The van der Waals surface area contributed by atoms with Gasteiger partial charge in [0.15, 0.2) is 6.10 Å². The van der Waals surface area contributed by atoms with E-state index in [1.165, 1.54) is 141 Å². The first-order valence-electron chi connectivity index (χ1n) is 29.7. The molecule has 0 aliphatic rings. The maximum atomic E-state index is 12.8. The smallest absolute Gasteiger partial charge is 0.462 e. The molecule has 0 aromatic heterocycles. The van der Waals surface area contributed by atoms with Gasteiger partial charge in [-0.05, 0) is 83.5 Å². The van der Waals surface area contributed by atoms with E-state index in [9.17, 15) is 19.0 Å². The lowest BCUT2D eigenvalue weighted by molar-refractivity contribution is -0.870. The Morgan fingerprint density at radius 3 is 1.19 bits per heavy atom. The number of unbranched alkanes of at least 4 members (excludes halogenated alkanes) is 28. The van der Waals surface area contributed by atoms with Crippen molar-refractivity contribution in [1.82, 2.24) is 0 Å². The standard InChI is InChI=1S/C62H112NO8P/c1-6-8-10-12-14-16-18-20-22-23-24-25-26-27-28-29-30-31-32-33-34-35-36-37-38-39-41-43-45-47-49-51-53-55-62(65)71-60(59-70-72(66,67)69-57-56-63(3,4)5)58-68-61(64)54-52-50-48-46-44-42-40-21-19-17-15-13-11-9-7-2/h8,10,14,16,20-22,24-25,27-28,40,60H,6-7,9,11-13,15,17-19,23,26,29-39,41-59H2,1-5H3/p+1/b10-8-,16-14-,22-20-,25-24-,28-27-,40-21-. The summed E-state index contributed by atoms with van der Waals surface area (Å²) in [6.07, 6.45) is 69.8. The second-order valence-electron chi connectivity index (χ2n) is 21.0. The van der Waals surface area contributed by atoms with Crippen molar-refractivity contribution in [1.29, 1.82) is 0 Å². The van der Waals surface area contributed by atoms with Gasteiger partial charge in [-0.15, -0.1) is 0 Å². The number of carbonyl (C=O) groups excluding carboxylic acids is 2. The Kier molecular flexibility index (Phi) is 51.4. The van der Waals surface area contributed by atoms with Crippen LogP contribution in [0.2, 0.25) is 0 Å². The Balaban J connectivity index is 4.05. The van der Waals surface area contributed by atoms with Crippen LogP contribution in [0.5, 0.6) is 0 Å². The van der Waals surface area contributed by atoms with Crippen molar-refractivity contribution in [2.24, 2.45) is 0 Å². The predicted octanol–water partition coefficient (Wildman–Crippen LogP) is 18.5. The number of carbonyl (C=O) groups is 2. The number of phosphoric acid groups is 1. The van der Waals surface area contributed by atoms with Crippen LogP contribution in [0.25, 0.3) is 0 Å². The van der Waals surface area contributed by atoms with Crippen LogP contribution in [0.1, 0.15) is 258 Å². The number of hydrogen-bond acceptors (Lipinski definition) is 7. The van der Waals surface area contributed by atoms with E-state index in [0.717, 1.165) is 83.5 Å². The molecule has 0 aromatic rings. The molecule has 0 aliphatic carbocycles. The molecule has 418 valence electrons. The Bertz CT molecular complexity index is 1450. The van der Waals surface area contributed by atoms with Crippen molar-refractivity contribution >= 4 is 19.8 Å². The molecule has 72 heavy (non-hydrogen) atoms. The highest BCUT2D eigenvalue weighted by Gasteiger charge is 2.27. The fraction of sp³-hybridized carbons (Fsp3) is 0.774. The van der Waals surface area contributed by atoms with E-state index in [-0.39, 0.29) is 32.0 Å². The van der Waals surface area contributed by atoms with E-state index >= 15 is 0 Å². The minimum atomic E-state index is -4.39. The van der Waals surface area contributed by atoms with Gasteiger partial charge in [0.25, 0.3) is 0 Å². The summed E-state index contributed by atoms with van der Waals surface area (Å²) in [5.74, 6) is -0.801. The maximum Gasteiger partial charge on any atom is 0.472 e. The Morgan fingerprint density at radius 1 is 0.444 bits per heavy atom.